The van der Waals surface area contributed by atoms with E-state index in [1.807, 2.05) is 6.92 Å². The summed E-state index contributed by atoms with van der Waals surface area (Å²) in [6.07, 6.45) is 2.91. The summed E-state index contributed by atoms with van der Waals surface area (Å²) in [5.74, 6) is -0.334. The highest BCUT2D eigenvalue weighted by molar-refractivity contribution is 7.80. The number of carbonyl (C=O) groups excluding carboxylic acids is 3. The van der Waals surface area contributed by atoms with E-state index in [2.05, 4.69) is 30.2 Å². The van der Waals surface area contributed by atoms with Gasteiger partial charge in [-0.15, -0.1) is 0 Å². The Morgan fingerprint density at radius 2 is 1.82 bits per heavy atom. The molecular weight excluding hydrogens is 454 g/mol. The van der Waals surface area contributed by atoms with E-state index in [0.717, 1.165) is 25.7 Å². The van der Waals surface area contributed by atoms with E-state index in [9.17, 15) is 19.5 Å². The van der Waals surface area contributed by atoms with Crippen LogP contribution in [0, 0.1) is 5.92 Å². The molecule has 34 heavy (non-hydrogen) atoms. The molecule has 0 heterocycles. The predicted octanol–water partition coefficient (Wildman–Crippen LogP) is 3.80. The topological polar surface area (TPSA) is 108 Å². The minimum Gasteiger partial charge on any atom is -0.508 e. The maximum absolute atomic E-state index is 13.7. The van der Waals surface area contributed by atoms with Gasteiger partial charge in [0.15, 0.2) is 0 Å². The summed E-state index contributed by atoms with van der Waals surface area (Å²) < 4.78 is 5.32. The number of phenols is 1. The third-order valence-electron chi connectivity index (χ3n) is 5.67. The van der Waals surface area contributed by atoms with Gasteiger partial charge in [0, 0.05) is 18.3 Å². The molecule has 0 spiro atoms. The number of aromatic hydroxyl groups is 1. The second-order valence-corrected chi connectivity index (χ2v) is 10.3. The van der Waals surface area contributed by atoms with E-state index in [4.69, 9.17) is 4.74 Å². The van der Waals surface area contributed by atoms with E-state index in [-0.39, 0.29) is 29.4 Å². The number of carbonyl (C=O) groups is 3. The summed E-state index contributed by atoms with van der Waals surface area (Å²) in [5.41, 5.74) is -0.125. The van der Waals surface area contributed by atoms with Crippen molar-refractivity contribution in [3.63, 3.8) is 0 Å². The van der Waals surface area contributed by atoms with E-state index < -0.39 is 29.7 Å². The van der Waals surface area contributed by atoms with Gasteiger partial charge in [-0.1, -0.05) is 38.8 Å². The van der Waals surface area contributed by atoms with Crippen molar-refractivity contribution in [2.75, 3.05) is 12.3 Å². The zero-order valence-electron chi connectivity index (χ0n) is 20.8. The Hall–Kier alpha value is -2.42. The lowest BCUT2D eigenvalue weighted by atomic mass is 10.0. The first-order valence-corrected chi connectivity index (χ1v) is 12.6. The van der Waals surface area contributed by atoms with E-state index in [1.165, 1.54) is 12.1 Å². The molecule has 8 nitrogen and oxygen atoms in total. The Bertz CT molecular complexity index is 840. The number of alkyl carbamates (subject to hydrolysis) is 1. The van der Waals surface area contributed by atoms with Gasteiger partial charge in [0.25, 0.3) is 0 Å². The third-order valence-corrected chi connectivity index (χ3v) is 6.03. The molecule has 1 fully saturated rings. The molecule has 2 rings (SSSR count). The number of unbranched alkanes of at least 4 members (excludes halogenated alkanes) is 2. The fraction of sp³-hybridized carbons (Fsp3) is 0.640. The number of ether oxygens (including phenoxy) is 1. The second-order valence-electron chi connectivity index (χ2n) is 9.90. The zero-order chi connectivity index (χ0) is 25.5. The van der Waals surface area contributed by atoms with Crippen LogP contribution in [0.4, 0.5) is 4.79 Å². The SMILES string of the molecule is CCCCCNC(=O)C(c1ccc(O)cc1)N(C(=O)C(CS)NC(=O)OC(C)(C)C)C1CC1C. The first-order chi connectivity index (χ1) is 16.0. The quantitative estimate of drug-likeness (QED) is 0.277. The smallest absolute Gasteiger partial charge is 0.408 e. The molecule has 1 aliphatic carbocycles. The van der Waals surface area contributed by atoms with Gasteiger partial charge >= 0.3 is 6.09 Å². The van der Waals surface area contributed by atoms with Crippen LogP contribution in [-0.4, -0.2) is 57.9 Å². The molecule has 190 valence electrons. The van der Waals surface area contributed by atoms with Crippen LogP contribution in [0.25, 0.3) is 0 Å². The Morgan fingerprint density at radius 1 is 1.21 bits per heavy atom. The van der Waals surface area contributed by atoms with Crippen molar-refractivity contribution in [2.24, 2.45) is 5.92 Å². The molecule has 1 aromatic carbocycles. The number of phenolic OH excluding ortho intramolecular Hbond substituents is 1. The summed E-state index contributed by atoms with van der Waals surface area (Å²) in [6.45, 7) is 9.85. The molecule has 4 atom stereocenters. The van der Waals surface area contributed by atoms with E-state index in [0.29, 0.717) is 12.1 Å². The Balaban J connectivity index is 2.34. The van der Waals surface area contributed by atoms with Crippen molar-refractivity contribution in [3.05, 3.63) is 29.8 Å². The third kappa shape index (κ3) is 8.11. The molecule has 0 aromatic heterocycles. The number of thiol groups is 1. The van der Waals surface area contributed by atoms with Gasteiger partial charge in [-0.05, 0) is 57.2 Å². The highest BCUT2D eigenvalue weighted by Crippen LogP contribution is 2.41. The monoisotopic (exact) mass is 493 g/mol. The van der Waals surface area contributed by atoms with Crippen LogP contribution in [-0.2, 0) is 14.3 Å². The second kappa shape index (κ2) is 12.3. The van der Waals surface area contributed by atoms with Crippen LogP contribution >= 0.6 is 12.6 Å². The molecular formula is C25H39N3O5S. The summed E-state index contributed by atoms with van der Waals surface area (Å²) in [5, 5.41) is 15.3. The van der Waals surface area contributed by atoms with Gasteiger partial charge in [-0.3, -0.25) is 9.59 Å². The fourth-order valence-corrected chi connectivity index (χ4v) is 4.01. The summed E-state index contributed by atoms with van der Waals surface area (Å²) in [7, 11) is 0. The molecule has 1 aliphatic rings. The largest absolute Gasteiger partial charge is 0.508 e. The minimum atomic E-state index is -0.960. The van der Waals surface area contributed by atoms with Crippen molar-refractivity contribution in [2.45, 2.75) is 84.0 Å². The van der Waals surface area contributed by atoms with Gasteiger partial charge in [-0.25, -0.2) is 4.79 Å². The Labute approximate surface area is 208 Å². The van der Waals surface area contributed by atoms with Crippen LogP contribution in [0.3, 0.4) is 0 Å². The van der Waals surface area contributed by atoms with Gasteiger partial charge in [0.1, 0.15) is 23.4 Å². The number of rotatable bonds is 11. The highest BCUT2D eigenvalue weighted by Gasteiger charge is 2.48. The number of hydrogen-bond donors (Lipinski definition) is 4. The fourth-order valence-electron chi connectivity index (χ4n) is 3.77. The number of hydrogen-bond acceptors (Lipinski definition) is 6. The van der Waals surface area contributed by atoms with Crippen molar-refractivity contribution in [1.29, 1.82) is 0 Å². The van der Waals surface area contributed by atoms with Gasteiger partial charge in [0.05, 0.1) is 0 Å². The Kier molecular flexibility index (Phi) is 10.1. The van der Waals surface area contributed by atoms with E-state index in [1.54, 1.807) is 37.8 Å². The van der Waals surface area contributed by atoms with Crippen molar-refractivity contribution in [1.82, 2.24) is 15.5 Å². The summed E-state index contributed by atoms with van der Waals surface area (Å²) in [6, 6.07) is 4.30. The van der Waals surface area contributed by atoms with Gasteiger partial charge < -0.3 is 25.4 Å². The first-order valence-electron chi connectivity index (χ1n) is 12.0. The summed E-state index contributed by atoms with van der Waals surface area (Å²) in [4.78, 5) is 41.1. The molecule has 0 aliphatic heterocycles. The maximum Gasteiger partial charge on any atom is 0.408 e. The molecule has 1 saturated carbocycles. The lowest BCUT2D eigenvalue weighted by Gasteiger charge is -2.34. The lowest BCUT2D eigenvalue weighted by molar-refractivity contribution is -0.143. The molecule has 4 unspecified atom stereocenters. The average Bonchev–Trinajstić information content (AvgIpc) is 3.48. The van der Waals surface area contributed by atoms with Crippen LogP contribution in [0.2, 0.25) is 0 Å². The average molecular weight is 494 g/mol. The van der Waals surface area contributed by atoms with Crippen LogP contribution in [0.5, 0.6) is 5.75 Å². The molecule has 3 N–H and O–H groups in total. The summed E-state index contributed by atoms with van der Waals surface area (Å²) >= 11 is 4.30. The minimum absolute atomic E-state index is 0.0517. The molecule has 1 aromatic rings. The maximum atomic E-state index is 13.7. The number of nitrogens with one attached hydrogen (secondary N) is 2. The molecule has 0 bridgehead atoms. The number of nitrogens with zero attached hydrogens (tertiary/aromatic N) is 1. The molecule has 3 amide bonds. The predicted molar refractivity (Wildman–Crippen MR) is 135 cm³/mol. The zero-order valence-corrected chi connectivity index (χ0v) is 21.7. The van der Waals surface area contributed by atoms with Crippen LogP contribution in [0.1, 0.15) is 71.9 Å². The normalized spacial score (nSPS) is 19.0. The van der Waals surface area contributed by atoms with Crippen molar-refractivity contribution >= 4 is 30.5 Å². The highest BCUT2D eigenvalue weighted by atomic mass is 32.1. The first kappa shape index (κ1) is 27.8. The number of amides is 3. The Morgan fingerprint density at radius 3 is 2.32 bits per heavy atom. The van der Waals surface area contributed by atoms with Crippen molar-refractivity contribution < 1.29 is 24.2 Å². The van der Waals surface area contributed by atoms with Crippen molar-refractivity contribution in [3.8, 4) is 5.75 Å². The van der Waals surface area contributed by atoms with Gasteiger partial charge in [-0.2, -0.15) is 12.6 Å². The van der Waals surface area contributed by atoms with E-state index >= 15 is 0 Å². The standard InChI is InChI=1S/C25H39N3O5S/c1-6-7-8-13-26-22(30)21(17-9-11-18(29)12-10-17)28(20-14-16(20)2)23(31)19(15-34)27-24(32)33-25(3,4)5/h9-12,16,19-21,29,34H,6-8,13-15H2,1-5H3,(H,26,30)(H,27,32). The number of benzene rings is 1. The van der Waals surface area contributed by atoms with Gasteiger partial charge in [0.2, 0.25) is 11.8 Å². The lowest BCUT2D eigenvalue weighted by Crippen LogP contribution is -2.54. The molecule has 0 radical (unpaired) electrons. The van der Waals surface area contributed by atoms with Crippen LogP contribution in [0.15, 0.2) is 24.3 Å². The molecule has 9 heteroatoms. The molecule has 0 saturated heterocycles. The van der Waals surface area contributed by atoms with Crippen LogP contribution < -0.4 is 10.6 Å².